The highest BCUT2D eigenvalue weighted by atomic mass is 32.1. The summed E-state index contributed by atoms with van der Waals surface area (Å²) in [4.78, 5) is 13.8. The Labute approximate surface area is 127 Å². The Bertz CT molecular complexity index is 656. The van der Waals surface area contributed by atoms with E-state index in [9.17, 15) is 10.1 Å². The van der Waals surface area contributed by atoms with E-state index in [1.807, 2.05) is 12.1 Å². The fourth-order valence-electron chi connectivity index (χ4n) is 2.92. The molecule has 0 saturated heterocycles. The lowest BCUT2D eigenvalue weighted by Gasteiger charge is -2.18. The van der Waals surface area contributed by atoms with E-state index in [0.29, 0.717) is 12.5 Å². The van der Waals surface area contributed by atoms with Gasteiger partial charge < -0.3 is 10.6 Å². The summed E-state index contributed by atoms with van der Waals surface area (Å²) in [5, 5.41) is 11.0. The first-order valence-electron chi connectivity index (χ1n) is 6.96. The molecule has 0 fully saturated rings. The molecule has 0 saturated carbocycles. The number of hydrogen-bond donors (Lipinski definition) is 1. The summed E-state index contributed by atoms with van der Waals surface area (Å²) in [6, 6.07) is 11.8. The largest absolute Gasteiger partial charge is 0.366 e. The highest BCUT2D eigenvalue weighted by Crippen LogP contribution is 2.39. The molecule has 6 heteroatoms. The van der Waals surface area contributed by atoms with Gasteiger partial charge in [0.05, 0.1) is 11.5 Å². The number of nitro groups is 1. The molecule has 3 rings (SSSR count). The van der Waals surface area contributed by atoms with E-state index in [-0.39, 0.29) is 9.92 Å². The Hall–Kier alpha value is -1.92. The number of thiophene rings is 1. The molecule has 2 N–H and O–H groups in total. The van der Waals surface area contributed by atoms with Crippen LogP contribution < -0.4 is 10.6 Å². The first kappa shape index (κ1) is 14.0. The number of benzene rings is 1. The molecule has 1 aliphatic rings. The first-order valence-corrected chi connectivity index (χ1v) is 7.77. The molecule has 0 bridgehead atoms. The monoisotopic (exact) mass is 303 g/mol. The molecule has 21 heavy (non-hydrogen) atoms. The van der Waals surface area contributed by atoms with E-state index in [2.05, 4.69) is 23.1 Å². The minimum Gasteiger partial charge on any atom is -0.366 e. The van der Waals surface area contributed by atoms with Gasteiger partial charge in [-0.25, -0.2) is 0 Å². The second-order valence-electron chi connectivity index (χ2n) is 5.21. The number of anilines is 1. The zero-order valence-electron chi connectivity index (χ0n) is 11.6. The standard InChI is InChI=1S/C15H17N3O2S/c16-8-7-11-9-17(14-4-2-1-3-13(11)14)10-12-5-6-15(21-12)18(19)20/h1-6,11H,7-10,16H2. The molecule has 110 valence electrons. The Morgan fingerprint density at radius 1 is 1.33 bits per heavy atom. The maximum atomic E-state index is 10.8. The number of nitrogens with zero attached hydrogens (tertiary/aromatic N) is 2. The lowest BCUT2D eigenvalue weighted by Crippen LogP contribution is -2.21. The smallest absolute Gasteiger partial charge is 0.324 e. The predicted octanol–water partition coefficient (Wildman–Crippen LogP) is 3.11. The second kappa shape index (κ2) is 5.83. The van der Waals surface area contributed by atoms with Crippen LogP contribution in [0.4, 0.5) is 10.7 Å². The molecule has 1 unspecified atom stereocenters. The van der Waals surface area contributed by atoms with Crippen molar-refractivity contribution in [1.29, 1.82) is 0 Å². The van der Waals surface area contributed by atoms with Crippen LogP contribution in [-0.2, 0) is 6.54 Å². The zero-order valence-corrected chi connectivity index (χ0v) is 12.4. The quantitative estimate of drug-likeness (QED) is 0.680. The lowest BCUT2D eigenvalue weighted by molar-refractivity contribution is -0.380. The topological polar surface area (TPSA) is 72.4 Å². The summed E-state index contributed by atoms with van der Waals surface area (Å²) in [5.41, 5.74) is 8.28. The Kier molecular flexibility index (Phi) is 3.90. The summed E-state index contributed by atoms with van der Waals surface area (Å²) in [6.07, 6.45) is 0.970. The normalized spacial score (nSPS) is 17.0. The van der Waals surface area contributed by atoms with Gasteiger partial charge in [0, 0.05) is 29.1 Å². The van der Waals surface area contributed by atoms with Gasteiger partial charge in [0.2, 0.25) is 0 Å². The maximum Gasteiger partial charge on any atom is 0.324 e. The van der Waals surface area contributed by atoms with Gasteiger partial charge in [-0.15, -0.1) is 0 Å². The van der Waals surface area contributed by atoms with Crippen molar-refractivity contribution in [1.82, 2.24) is 0 Å². The molecule has 0 aliphatic carbocycles. The molecule has 0 amide bonds. The molecule has 1 aromatic heterocycles. The SMILES string of the molecule is NCCC1CN(Cc2ccc([N+](=O)[O-])s2)c2ccccc21. The molecule has 2 heterocycles. The molecular weight excluding hydrogens is 286 g/mol. The van der Waals surface area contributed by atoms with Gasteiger partial charge in [0.15, 0.2) is 0 Å². The summed E-state index contributed by atoms with van der Waals surface area (Å²) in [6.45, 7) is 2.33. The molecule has 0 spiro atoms. The number of nitrogens with two attached hydrogens (primary N) is 1. The summed E-state index contributed by atoms with van der Waals surface area (Å²) >= 11 is 1.25. The van der Waals surface area contributed by atoms with E-state index in [4.69, 9.17) is 5.73 Å². The third-order valence-electron chi connectivity index (χ3n) is 3.85. The summed E-state index contributed by atoms with van der Waals surface area (Å²) in [7, 11) is 0. The van der Waals surface area contributed by atoms with Crippen molar-refractivity contribution in [2.45, 2.75) is 18.9 Å². The van der Waals surface area contributed by atoms with Crippen LogP contribution in [0.3, 0.4) is 0 Å². The Balaban J connectivity index is 1.81. The minimum absolute atomic E-state index is 0.205. The van der Waals surface area contributed by atoms with Gasteiger partial charge >= 0.3 is 5.00 Å². The van der Waals surface area contributed by atoms with Gasteiger partial charge in [-0.3, -0.25) is 10.1 Å². The molecular formula is C15H17N3O2S. The van der Waals surface area contributed by atoms with Crippen molar-refractivity contribution in [2.24, 2.45) is 5.73 Å². The molecule has 2 aromatic rings. The molecule has 0 radical (unpaired) electrons. The molecule has 1 atom stereocenters. The van der Waals surface area contributed by atoms with Crippen LogP contribution in [-0.4, -0.2) is 18.0 Å². The zero-order chi connectivity index (χ0) is 14.8. The van der Waals surface area contributed by atoms with Gasteiger partial charge in [-0.05, 0) is 30.7 Å². The van der Waals surface area contributed by atoms with Gasteiger partial charge in [-0.2, -0.15) is 0 Å². The van der Waals surface area contributed by atoms with Crippen molar-refractivity contribution in [3.8, 4) is 0 Å². The minimum atomic E-state index is -0.330. The van der Waals surface area contributed by atoms with Crippen molar-refractivity contribution in [2.75, 3.05) is 18.0 Å². The van der Waals surface area contributed by atoms with Gasteiger partial charge in [0.1, 0.15) is 0 Å². The van der Waals surface area contributed by atoms with Crippen molar-refractivity contribution in [3.05, 3.63) is 57.0 Å². The number of rotatable bonds is 5. The lowest BCUT2D eigenvalue weighted by atomic mass is 9.98. The van der Waals surface area contributed by atoms with Crippen LogP contribution in [0, 0.1) is 10.1 Å². The van der Waals surface area contributed by atoms with E-state index >= 15 is 0 Å². The number of hydrogen-bond acceptors (Lipinski definition) is 5. The number of para-hydroxylation sites is 1. The summed E-state index contributed by atoms with van der Waals surface area (Å²) < 4.78 is 0. The number of fused-ring (bicyclic) bond motifs is 1. The maximum absolute atomic E-state index is 10.8. The van der Waals surface area contributed by atoms with E-state index in [0.717, 1.165) is 24.4 Å². The van der Waals surface area contributed by atoms with Crippen LogP contribution in [0.1, 0.15) is 22.8 Å². The van der Waals surface area contributed by atoms with Crippen molar-refractivity contribution >= 4 is 22.0 Å². The van der Waals surface area contributed by atoms with Crippen molar-refractivity contribution in [3.63, 3.8) is 0 Å². The van der Waals surface area contributed by atoms with Crippen LogP contribution >= 0.6 is 11.3 Å². The summed E-state index contributed by atoms with van der Waals surface area (Å²) in [5.74, 6) is 0.459. The molecule has 1 aromatic carbocycles. The van der Waals surface area contributed by atoms with Gasteiger partial charge in [0.25, 0.3) is 0 Å². The average molecular weight is 303 g/mol. The Morgan fingerprint density at radius 3 is 2.86 bits per heavy atom. The highest BCUT2D eigenvalue weighted by molar-refractivity contribution is 7.15. The molecule has 5 nitrogen and oxygen atoms in total. The van der Waals surface area contributed by atoms with Crippen LogP contribution in [0.2, 0.25) is 0 Å². The highest BCUT2D eigenvalue weighted by Gasteiger charge is 2.28. The van der Waals surface area contributed by atoms with E-state index in [1.165, 1.54) is 22.6 Å². The van der Waals surface area contributed by atoms with Crippen LogP contribution in [0.15, 0.2) is 36.4 Å². The van der Waals surface area contributed by atoms with Gasteiger partial charge in [-0.1, -0.05) is 29.5 Å². The first-order chi connectivity index (χ1) is 10.2. The second-order valence-corrected chi connectivity index (χ2v) is 6.36. The van der Waals surface area contributed by atoms with Crippen LogP contribution in [0.5, 0.6) is 0 Å². The predicted molar refractivity (Wildman–Crippen MR) is 84.9 cm³/mol. The van der Waals surface area contributed by atoms with Crippen LogP contribution in [0.25, 0.3) is 0 Å². The van der Waals surface area contributed by atoms with E-state index in [1.54, 1.807) is 6.07 Å². The third kappa shape index (κ3) is 2.77. The fourth-order valence-corrected chi connectivity index (χ4v) is 3.75. The fraction of sp³-hybridized carbons (Fsp3) is 0.333. The molecule has 1 aliphatic heterocycles. The Morgan fingerprint density at radius 2 is 2.14 bits per heavy atom. The van der Waals surface area contributed by atoms with Crippen molar-refractivity contribution < 1.29 is 4.92 Å². The average Bonchev–Trinajstić information content (AvgIpc) is 3.07. The third-order valence-corrected chi connectivity index (χ3v) is 4.87. The van der Waals surface area contributed by atoms with E-state index < -0.39 is 0 Å².